The van der Waals surface area contributed by atoms with Crippen LogP contribution in [0.3, 0.4) is 0 Å². The van der Waals surface area contributed by atoms with Gasteiger partial charge in [0.2, 0.25) is 5.91 Å². The molecule has 0 unspecified atom stereocenters. The van der Waals surface area contributed by atoms with Gasteiger partial charge in [0.25, 0.3) is 5.91 Å². The first-order chi connectivity index (χ1) is 12.4. The number of anilines is 1. The van der Waals surface area contributed by atoms with Gasteiger partial charge in [-0.3, -0.25) is 9.59 Å². The second-order valence-electron chi connectivity index (χ2n) is 5.33. The van der Waals surface area contributed by atoms with E-state index in [9.17, 15) is 22.8 Å². The zero-order chi connectivity index (χ0) is 19.1. The highest BCUT2D eigenvalue weighted by molar-refractivity contribution is 5.99. The molecule has 2 aromatic rings. The molecular formula is C18H17F3N2O3. The third-order valence-corrected chi connectivity index (χ3v) is 3.31. The Labute approximate surface area is 148 Å². The van der Waals surface area contributed by atoms with Crippen LogP contribution in [0.2, 0.25) is 0 Å². The van der Waals surface area contributed by atoms with E-state index < -0.39 is 41.5 Å². The van der Waals surface area contributed by atoms with E-state index in [4.69, 9.17) is 4.74 Å². The summed E-state index contributed by atoms with van der Waals surface area (Å²) < 4.78 is 44.8. The Balaban J connectivity index is 1.89. The average Bonchev–Trinajstić information content (AvgIpc) is 2.65. The number of hydrogen-bond acceptors (Lipinski definition) is 3. The van der Waals surface area contributed by atoms with E-state index in [1.807, 2.05) is 6.92 Å². The van der Waals surface area contributed by atoms with Crippen LogP contribution in [0.15, 0.2) is 36.4 Å². The molecule has 26 heavy (non-hydrogen) atoms. The molecule has 2 aromatic carbocycles. The van der Waals surface area contributed by atoms with Crippen LogP contribution in [0.25, 0.3) is 0 Å². The molecule has 0 aliphatic rings. The minimum absolute atomic E-state index is 0.306. The van der Waals surface area contributed by atoms with Crippen LogP contribution in [0.1, 0.15) is 23.7 Å². The van der Waals surface area contributed by atoms with E-state index in [1.54, 1.807) is 12.1 Å². The number of benzene rings is 2. The summed E-state index contributed by atoms with van der Waals surface area (Å²) in [6.45, 7) is 2.07. The molecule has 0 aromatic heterocycles. The molecule has 0 spiro atoms. The molecule has 0 heterocycles. The minimum atomic E-state index is -1.68. The van der Waals surface area contributed by atoms with E-state index in [0.29, 0.717) is 24.0 Å². The van der Waals surface area contributed by atoms with Gasteiger partial charge in [0.1, 0.15) is 5.75 Å². The number of rotatable bonds is 7. The molecule has 2 N–H and O–H groups in total. The Hall–Kier alpha value is -3.03. The number of amides is 2. The molecule has 0 fully saturated rings. The second kappa shape index (κ2) is 8.89. The summed E-state index contributed by atoms with van der Waals surface area (Å²) in [4.78, 5) is 23.7. The summed E-state index contributed by atoms with van der Waals surface area (Å²) in [7, 11) is 0. The summed E-state index contributed by atoms with van der Waals surface area (Å²) in [5, 5.41) is 4.41. The van der Waals surface area contributed by atoms with E-state index in [0.717, 1.165) is 12.5 Å². The van der Waals surface area contributed by atoms with Crippen molar-refractivity contribution >= 4 is 17.5 Å². The molecule has 2 rings (SSSR count). The Morgan fingerprint density at radius 1 is 1.00 bits per heavy atom. The van der Waals surface area contributed by atoms with E-state index in [-0.39, 0.29) is 0 Å². The minimum Gasteiger partial charge on any atom is -0.494 e. The van der Waals surface area contributed by atoms with Crippen molar-refractivity contribution in [3.8, 4) is 5.75 Å². The Morgan fingerprint density at radius 2 is 1.69 bits per heavy atom. The first-order valence-corrected chi connectivity index (χ1v) is 7.86. The number of nitrogens with one attached hydrogen (secondary N) is 2. The van der Waals surface area contributed by atoms with Crippen molar-refractivity contribution in [1.82, 2.24) is 5.32 Å². The summed E-state index contributed by atoms with van der Waals surface area (Å²) in [5.41, 5.74) is -0.207. The van der Waals surface area contributed by atoms with E-state index in [2.05, 4.69) is 10.6 Å². The van der Waals surface area contributed by atoms with Crippen molar-refractivity contribution < 1.29 is 27.5 Å². The Kier molecular flexibility index (Phi) is 6.60. The standard InChI is InChI=1S/C18H17F3N2O3/c1-2-9-26-12-5-3-11(4-6-12)18(25)22-10-15(24)23-14-8-7-13(19)16(20)17(14)21/h3-8H,2,9-10H2,1H3,(H,22,25)(H,23,24). The summed E-state index contributed by atoms with van der Waals surface area (Å²) in [6.07, 6.45) is 0.857. The SMILES string of the molecule is CCCOc1ccc(C(=O)NCC(=O)Nc2ccc(F)c(F)c2F)cc1. The maximum Gasteiger partial charge on any atom is 0.251 e. The molecule has 0 aliphatic heterocycles. The summed E-state index contributed by atoms with van der Waals surface area (Å²) in [6, 6.07) is 7.90. The first kappa shape index (κ1) is 19.3. The number of ether oxygens (including phenoxy) is 1. The maximum absolute atomic E-state index is 13.5. The molecule has 0 saturated carbocycles. The lowest BCUT2D eigenvalue weighted by Crippen LogP contribution is -2.33. The van der Waals surface area contributed by atoms with Gasteiger partial charge in [0.05, 0.1) is 18.8 Å². The molecule has 8 heteroatoms. The number of hydrogen-bond donors (Lipinski definition) is 2. The van der Waals surface area contributed by atoms with Crippen molar-refractivity contribution in [2.24, 2.45) is 0 Å². The van der Waals surface area contributed by atoms with E-state index in [1.165, 1.54) is 12.1 Å². The van der Waals surface area contributed by atoms with Gasteiger partial charge in [-0.2, -0.15) is 0 Å². The Morgan fingerprint density at radius 3 is 2.35 bits per heavy atom. The predicted octanol–water partition coefficient (Wildman–Crippen LogP) is 3.26. The summed E-state index contributed by atoms with van der Waals surface area (Å²) in [5.74, 6) is -5.24. The van der Waals surface area contributed by atoms with Crippen molar-refractivity contribution in [3.05, 3.63) is 59.4 Å². The van der Waals surface area contributed by atoms with Gasteiger partial charge in [0.15, 0.2) is 17.5 Å². The second-order valence-corrected chi connectivity index (χ2v) is 5.33. The smallest absolute Gasteiger partial charge is 0.251 e. The fourth-order valence-electron chi connectivity index (χ4n) is 2.00. The van der Waals surface area contributed by atoms with Gasteiger partial charge < -0.3 is 15.4 Å². The zero-order valence-electron chi connectivity index (χ0n) is 13.9. The molecular weight excluding hydrogens is 349 g/mol. The van der Waals surface area contributed by atoms with Crippen LogP contribution in [0.5, 0.6) is 5.75 Å². The van der Waals surface area contributed by atoms with E-state index >= 15 is 0 Å². The van der Waals surface area contributed by atoms with Crippen LogP contribution in [0, 0.1) is 17.5 Å². The van der Waals surface area contributed by atoms with Crippen molar-refractivity contribution in [2.75, 3.05) is 18.5 Å². The molecule has 0 radical (unpaired) electrons. The molecule has 0 atom stereocenters. The third kappa shape index (κ3) is 4.98. The molecule has 2 amide bonds. The quantitative estimate of drug-likeness (QED) is 0.739. The monoisotopic (exact) mass is 366 g/mol. The highest BCUT2D eigenvalue weighted by Gasteiger charge is 2.15. The fraction of sp³-hybridized carbons (Fsp3) is 0.222. The van der Waals surface area contributed by atoms with Gasteiger partial charge >= 0.3 is 0 Å². The molecule has 138 valence electrons. The molecule has 0 aliphatic carbocycles. The topological polar surface area (TPSA) is 67.4 Å². The van der Waals surface area contributed by atoms with Crippen molar-refractivity contribution in [1.29, 1.82) is 0 Å². The number of carbonyl (C=O) groups is 2. The zero-order valence-corrected chi connectivity index (χ0v) is 13.9. The molecule has 0 bridgehead atoms. The van der Waals surface area contributed by atoms with Gasteiger partial charge in [-0.15, -0.1) is 0 Å². The van der Waals surface area contributed by atoms with Gasteiger partial charge in [0, 0.05) is 5.56 Å². The van der Waals surface area contributed by atoms with Gasteiger partial charge in [-0.1, -0.05) is 6.92 Å². The maximum atomic E-state index is 13.5. The molecule has 0 saturated heterocycles. The largest absolute Gasteiger partial charge is 0.494 e. The summed E-state index contributed by atoms with van der Waals surface area (Å²) >= 11 is 0. The Bertz CT molecular complexity index is 795. The lowest BCUT2D eigenvalue weighted by Gasteiger charge is -2.09. The first-order valence-electron chi connectivity index (χ1n) is 7.86. The van der Waals surface area contributed by atoms with Crippen molar-refractivity contribution in [3.63, 3.8) is 0 Å². The number of carbonyl (C=O) groups excluding carboxylic acids is 2. The van der Waals surface area contributed by atoms with Gasteiger partial charge in [-0.25, -0.2) is 13.2 Å². The predicted molar refractivity (Wildman–Crippen MR) is 89.5 cm³/mol. The average molecular weight is 366 g/mol. The van der Waals surface area contributed by atoms with Gasteiger partial charge in [-0.05, 0) is 42.8 Å². The van der Waals surface area contributed by atoms with Crippen LogP contribution in [0.4, 0.5) is 18.9 Å². The van der Waals surface area contributed by atoms with Crippen LogP contribution < -0.4 is 15.4 Å². The highest BCUT2D eigenvalue weighted by atomic mass is 19.2. The molecule has 5 nitrogen and oxygen atoms in total. The highest BCUT2D eigenvalue weighted by Crippen LogP contribution is 2.19. The lowest BCUT2D eigenvalue weighted by molar-refractivity contribution is -0.115. The lowest BCUT2D eigenvalue weighted by atomic mass is 10.2. The van der Waals surface area contributed by atoms with Crippen LogP contribution in [-0.2, 0) is 4.79 Å². The third-order valence-electron chi connectivity index (χ3n) is 3.31. The van der Waals surface area contributed by atoms with Crippen molar-refractivity contribution in [2.45, 2.75) is 13.3 Å². The normalized spacial score (nSPS) is 10.3. The number of halogens is 3. The van der Waals surface area contributed by atoms with Crippen LogP contribution in [-0.4, -0.2) is 25.0 Å². The fourth-order valence-corrected chi connectivity index (χ4v) is 2.00. The van der Waals surface area contributed by atoms with Crippen LogP contribution >= 0.6 is 0 Å².